The van der Waals surface area contributed by atoms with Crippen LogP contribution in [0.1, 0.15) is 13.8 Å². The maximum atomic E-state index is 10.5. The van der Waals surface area contributed by atoms with Crippen LogP contribution in [-0.4, -0.2) is 13.1 Å². The van der Waals surface area contributed by atoms with Crippen LogP contribution in [0.4, 0.5) is 0 Å². The summed E-state index contributed by atoms with van der Waals surface area (Å²) >= 11 is 0. The Kier molecular flexibility index (Phi) is 4.06. The lowest BCUT2D eigenvalue weighted by molar-refractivity contribution is -0.134. The Balaban J connectivity index is 4.12. The summed E-state index contributed by atoms with van der Waals surface area (Å²) in [6, 6.07) is 0. The molecule has 0 aromatic rings. The monoisotopic (exact) mass is 138 g/mol. The normalized spacial score (nSPS) is 9.70. The number of hydrogen-bond donors (Lipinski definition) is 0. The fourth-order valence-corrected chi connectivity index (χ4v) is 0.469. The number of methoxy groups -OCH3 is 1. The first-order valence-electron chi connectivity index (χ1n) is 2.89. The zero-order chi connectivity index (χ0) is 7.98. The number of allylic oxidation sites excluding steroid dienone is 1. The molecule has 0 atom stereocenters. The van der Waals surface area contributed by atoms with Crippen LogP contribution >= 0.6 is 0 Å². The maximum Gasteiger partial charge on any atom is 0.331 e. The molecule has 0 amide bonds. The minimum atomic E-state index is -0.361. The van der Waals surface area contributed by atoms with Crippen LogP contribution in [0.5, 0.6) is 0 Å². The first-order chi connectivity index (χ1) is 4.70. The van der Waals surface area contributed by atoms with Crippen molar-refractivity contribution in [3.63, 3.8) is 0 Å². The molecule has 0 radical (unpaired) electrons. The molecule has 2 nitrogen and oxygen atoms in total. The summed E-state index contributed by atoms with van der Waals surface area (Å²) in [4.78, 5) is 10.5. The van der Waals surface area contributed by atoms with Gasteiger partial charge in [-0.1, -0.05) is 5.92 Å². The van der Waals surface area contributed by atoms with E-state index in [0.717, 1.165) is 0 Å². The molecule has 0 unspecified atom stereocenters. The summed E-state index contributed by atoms with van der Waals surface area (Å²) in [5.74, 6) is 5.03. The van der Waals surface area contributed by atoms with E-state index < -0.39 is 0 Å². The van der Waals surface area contributed by atoms with Crippen LogP contribution < -0.4 is 0 Å². The summed E-state index contributed by atoms with van der Waals surface area (Å²) in [7, 11) is 1.34. The SMILES string of the molecule is CC#C/C(C)=C/C(=O)OC. The maximum absolute atomic E-state index is 10.5. The smallest absolute Gasteiger partial charge is 0.331 e. The molecule has 0 fully saturated rings. The topological polar surface area (TPSA) is 26.3 Å². The number of carbonyl (C=O) groups excluding carboxylic acids is 1. The average Bonchev–Trinajstić information content (AvgIpc) is 1.88. The fourth-order valence-electron chi connectivity index (χ4n) is 0.469. The van der Waals surface area contributed by atoms with Gasteiger partial charge in [0, 0.05) is 11.6 Å². The van der Waals surface area contributed by atoms with Crippen LogP contribution in [0.15, 0.2) is 11.6 Å². The van der Waals surface area contributed by atoms with Crippen LogP contribution in [0, 0.1) is 11.8 Å². The quantitative estimate of drug-likeness (QED) is 0.308. The highest BCUT2D eigenvalue weighted by Gasteiger charge is 1.91. The van der Waals surface area contributed by atoms with Gasteiger partial charge in [-0.15, -0.1) is 5.92 Å². The number of ether oxygens (including phenoxy) is 1. The van der Waals surface area contributed by atoms with Gasteiger partial charge in [0.15, 0.2) is 0 Å². The highest BCUT2D eigenvalue weighted by molar-refractivity contribution is 5.83. The summed E-state index contributed by atoms with van der Waals surface area (Å²) in [5.41, 5.74) is 0.717. The first kappa shape index (κ1) is 8.77. The van der Waals surface area contributed by atoms with Crippen molar-refractivity contribution in [3.05, 3.63) is 11.6 Å². The van der Waals surface area contributed by atoms with Gasteiger partial charge in [-0.25, -0.2) is 4.79 Å². The summed E-state index contributed by atoms with van der Waals surface area (Å²) in [5, 5.41) is 0. The van der Waals surface area contributed by atoms with Gasteiger partial charge in [0.05, 0.1) is 7.11 Å². The fraction of sp³-hybridized carbons (Fsp3) is 0.375. The van der Waals surface area contributed by atoms with E-state index in [0.29, 0.717) is 5.57 Å². The molecule has 0 saturated heterocycles. The van der Waals surface area contributed by atoms with Gasteiger partial charge < -0.3 is 4.74 Å². The summed E-state index contributed by atoms with van der Waals surface area (Å²) in [6.45, 7) is 3.47. The minimum Gasteiger partial charge on any atom is -0.466 e. The number of rotatable bonds is 1. The van der Waals surface area contributed by atoms with Gasteiger partial charge >= 0.3 is 5.97 Å². The van der Waals surface area contributed by atoms with Crippen molar-refractivity contribution in [1.29, 1.82) is 0 Å². The third-order valence-corrected chi connectivity index (χ3v) is 0.858. The van der Waals surface area contributed by atoms with Gasteiger partial charge in [0.1, 0.15) is 0 Å². The Morgan fingerprint density at radius 1 is 1.60 bits per heavy atom. The summed E-state index contributed by atoms with van der Waals surface area (Å²) in [6.07, 6.45) is 1.36. The van der Waals surface area contributed by atoms with E-state index in [1.807, 2.05) is 0 Å². The zero-order valence-corrected chi connectivity index (χ0v) is 6.39. The first-order valence-corrected chi connectivity index (χ1v) is 2.89. The van der Waals surface area contributed by atoms with Crippen LogP contribution in [0.2, 0.25) is 0 Å². The lowest BCUT2D eigenvalue weighted by Crippen LogP contribution is -1.94. The van der Waals surface area contributed by atoms with E-state index in [2.05, 4.69) is 16.6 Å². The van der Waals surface area contributed by atoms with Gasteiger partial charge in [-0.2, -0.15) is 0 Å². The Morgan fingerprint density at radius 2 is 2.20 bits per heavy atom. The second kappa shape index (κ2) is 4.63. The second-order valence-electron chi connectivity index (χ2n) is 1.73. The van der Waals surface area contributed by atoms with Crippen molar-refractivity contribution in [2.45, 2.75) is 13.8 Å². The third kappa shape index (κ3) is 3.73. The molecule has 0 aromatic heterocycles. The molecule has 0 bridgehead atoms. The zero-order valence-electron chi connectivity index (χ0n) is 6.39. The minimum absolute atomic E-state index is 0.361. The Bertz CT molecular complexity index is 203. The molecular formula is C8H10O2. The lowest BCUT2D eigenvalue weighted by atomic mass is 10.3. The molecule has 0 heterocycles. The molecule has 0 saturated carbocycles. The van der Waals surface area contributed by atoms with Crippen molar-refractivity contribution in [2.24, 2.45) is 0 Å². The number of hydrogen-bond acceptors (Lipinski definition) is 2. The predicted molar refractivity (Wildman–Crippen MR) is 39.2 cm³/mol. The van der Waals surface area contributed by atoms with Gasteiger partial charge in [-0.05, 0) is 13.8 Å². The van der Waals surface area contributed by atoms with E-state index in [4.69, 9.17) is 0 Å². The molecular weight excluding hydrogens is 128 g/mol. The Labute approximate surface area is 60.9 Å². The van der Waals surface area contributed by atoms with E-state index in [1.165, 1.54) is 13.2 Å². The number of esters is 1. The third-order valence-electron chi connectivity index (χ3n) is 0.858. The average molecular weight is 138 g/mol. The van der Waals surface area contributed by atoms with Gasteiger partial charge in [-0.3, -0.25) is 0 Å². The summed E-state index contributed by atoms with van der Waals surface area (Å²) < 4.78 is 4.38. The molecule has 0 spiro atoms. The molecule has 2 heteroatoms. The van der Waals surface area contributed by atoms with Crippen LogP contribution in [0.3, 0.4) is 0 Å². The lowest BCUT2D eigenvalue weighted by Gasteiger charge is -1.89. The van der Waals surface area contributed by atoms with E-state index >= 15 is 0 Å². The molecule has 0 aliphatic rings. The molecule has 54 valence electrons. The van der Waals surface area contributed by atoms with Crippen molar-refractivity contribution >= 4 is 5.97 Å². The van der Waals surface area contributed by atoms with E-state index in [1.54, 1.807) is 13.8 Å². The van der Waals surface area contributed by atoms with Crippen molar-refractivity contribution in [2.75, 3.05) is 7.11 Å². The van der Waals surface area contributed by atoms with Crippen molar-refractivity contribution in [3.8, 4) is 11.8 Å². The van der Waals surface area contributed by atoms with Gasteiger partial charge in [0.2, 0.25) is 0 Å². The highest BCUT2D eigenvalue weighted by Crippen LogP contribution is 1.89. The van der Waals surface area contributed by atoms with Crippen molar-refractivity contribution < 1.29 is 9.53 Å². The standard InChI is InChI=1S/C8H10O2/c1-4-5-7(2)6-8(9)10-3/h6H,1-3H3/b7-6+. The molecule has 10 heavy (non-hydrogen) atoms. The molecule has 0 aliphatic carbocycles. The van der Waals surface area contributed by atoms with E-state index in [-0.39, 0.29) is 5.97 Å². The Morgan fingerprint density at radius 3 is 2.60 bits per heavy atom. The molecule has 0 aromatic carbocycles. The molecule has 0 aliphatic heterocycles. The number of carbonyl (C=O) groups is 1. The van der Waals surface area contributed by atoms with Crippen LogP contribution in [0.25, 0.3) is 0 Å². The van der Waals surface area contributed by atoms with Crippen LogP contribution in [-0.2, 0) is 9.53 Å². The van der Waals surface area contributed by atoms with Gasteiger partial charge in [0.25, 0.3) is 0 Å². The second-order valence-corrected chi connectivity index (χ2v) is 1.73. The Hall–Kier alpha value is -1.23. The highest BCUT2D eigenvalue weighted by atomic mass is 16.5. The predicted octanol–water partition coefficient (Wildman–Crippen LogP) is 1.13. The molecule has 0 rings (SSSR count). The molecule has 0 N–H and O–H groups in total. The van der Waals surface area contributed by atoms with Crippen molar-refractivity contribution in [1.82, 2.24) is 0 Å². The largest absolute Gasteiger partial charge is 0.466 e. The van der Waals surface area contributed by atoms with E-state index in [9.17, 15) is 4.79 Å².